The van der Waals surface area contributed by atoms with E-state index >= 15 is 0 Å². The van der Waals surface area contributed by atoms with E-state index < -0.39 is 0 Å². The van der Waals surface area contributed by atoms with Crippen molar-refractivity contribution < 1.29 is 9.13 Å². The quantitative estimate of drug-likeness (QED) is 0.819. The van der Waals surface area contributed by atoms with E-state index in [2.05, 4.69) is 4.90 Å². The summed E-state index contributed by atoms with van der Waals surface area (Å²) < 4.78 is 18.4. The summed E-state index contributed by atoms with van der Waals surface area (Å²) in [5.74, 6) is 0.382. The highest BCUT2D eigenvalue weighted by atomic mass is 19.1. The minimum atomic E-state index is -0.255. The largest absolute Gasteiger partial charge is 0.489 e. The summed E-state index contributed by atoms with van der Waals surface area (Å²) in [6, 6.07) is 4.66. The second kappa shape index (κ2) is 4.49. The third-order valence-electron chi connectivity index (χ3n) is 2.51. The summed E-state index contributed by atoms with van der Waals surface area (Å²) in [6.07, 6.45) is 0.941. The SMILES string of the molecule is NCCCN1CCOc2cc(F)ccc21. The Morgan fingerprint density at radius 1 is 1.47 bits per heavy atom. The Kier molecular flexibility index (Phi) is 3.06. The maximum absolute atomic E-state index is 13.0. The van der Waals surface area contributed by atoms with Crippen LogP contribution in [0.15, 0.2) is 18.2 Å². The van der Waals surface area contributed by atoms with Gasteiger partial charge in [-0.1, -0.05) is 0 Å². The molecule has 15 heavy (non-hydrogen) atoms. The first-order valence-corrected chi connectivity index (χ1v) is 5.18. The highest BCUT2D eigenvalue weighted by Gasteiger charge is 2.17. The van der Waals surface area contributed by atoms with Crippen molar-refractivity contribution in [3.63, 3.8) is 0 Å². The van der Waals surface area contributed by atoms with Gasteiger partial charge >= 0.3 is 0 Å². The predicted octanol–water partition coefficient (Wildman–Crippen LogP) is 1.37. The van der Waals surface area contributed by atoms with Gasteiger partial charge < -0.3 is 15.4 Å². The van der Waals surface area contributed by atoms with Crippen LogP contribution in [0.1, 0.15) is 6.42 Å². The molecule has 1 aliphatic rings. The molecular formula is C11H15FN2O. The van der Waals surface area contributed by atoms with Gasteiger partial charge in [-0.2, -0.15) is 0 Å². The van der Waals surface area contributed by atoms with E-state index in [-0.39, 0.29) is 5.82 Å². The lowest BCUT2D eigenvalue weighted by Crippen LogP contribution is -2.34. The zero-order valence-electron chi connectivity index (χ0n) is 8.58. The lowest BCUT2D eigenvalue weighted by Gasteiger charge is -2.31. The number of anilines is 1. The number of fused-ring (bicyclic) bond motifs is 1. The van der Waals surface area contributed by atoms with Gasteiger partial charge in [0.2, 0.25) is 0 Å². The van der Waals surface area contributed by atoms with Crippen molar-refractivity contribution in [2.75, 3.05) is 31.1 Å². The van der Waals surface area contributed by atoms with Crippen LogP contribution in [0.4, 0.5) is 10.1 Å². The molecule has 1 aliphatic heterocycles. The first kappa shape index (κ1) is 10.2. The summed E-state index contributed by atoms with van der Waals surface area (Å²) in [7, 11) is 0. The van der Waals surface area contributed by atoms with Crippen LogP contribution in [-0.4, -0.2) is 26.2 Å². The first-order chi connectivity index (χ1) is 7.31. The lowest BCUT2D eigenvalue weighted by atomic mass is 10.2. The monoisotopic (exact) mass is 210 g/mol. The second-order valence-electron chi connectivity index (χ2n) is 3.59. The lowest BCUT2D eigenvalue weighted by molar-refractivity contribution is 0.305. The van der Waals surface area contributed by atoms with Gasteiger partial charge in [0.25, 0.3) is 0 Å². The highest BCUT2D eigenvalue weighted by molar-refractivity contribution is 5.59. The number of halogens is 1. The molecule has 0 amide bonds. The molecule has 3 nitrogen and oxygen atoms in total. The highest BCUT2D eigenvalue weighted by Crippen LogP contribution is 2.31. The van der Waals surface area contributed by atoms with E-state index in [1.54, 1.807) is 6.07 Å². The van der Waals surface area contributed by atoms with E-state index in [1.165, 1.54) is 12.1 Å². The van der Waals surface area contributed by atoms with Crippen molar-refractivity contribution in [1.29, 1.82) is 0 Å². The van der Waals surface area contributed by atoms with Gasteiger partial charge in [-0.15, -0.1) is 0 Å². The summed E-state index contributed by atoms with van der Waals surface area (Å²) in [6.45, 7) is 3.03. The normalized spacial score (nSPS) is 14.7. The summed E-state index contributed by atoms with van der Waals surface area (Å²) in [4.78, 5) is 2.19. The van der Waals surface area contributed by atoms with E-state index in [4.69, 9.17) is 10.5 Å². The molecule has 0 unspecified atom stereocenters. The van der Waals surface area contributed by atoms with Crippen LogP contribution in [-0.2, 0) is 0 Å². The minimum Gasteiger partial charge on any atom is -0.489 e. The number of rotatable bonds is 3. The zero-order chi connectivity index (χ0) is 10.7. The van der Waals surface area contributed by atoms with Gasteiger partial charge in [0, 0.05) is 12.6 Å². The molecule has 82 valence electrons. The first-order valence-electron chi connectivity index (χ1n) is 5.18. The Morgan fingerprint density at radius 3 is 3.13 bits per heavy atom. The Hall–Kier alpha value is -1.29. The fourth-order valence-electron chi connectivity index (χ4n) is 1.77. The predicted molar refractivity (Wildman–Crippen MR) is 57.8 cm³/mol. The van der Waals surface area contributed by atoms with Crippen LogP contribution >= 0.6 is 0 Å². The van der Waals surface area contributed by atoms with Crippen LogP contribution in [0.5, 0.6) is 5.75 Å². The van der Waals surface area contributed by atoms with Crippen LogP contribution in [0, 0.1) is 5.82 Å². The van der Waals surface area contributed by atoms with Crippen molar-refractivity contribution in [2.45, 2.75) is 6.42 Å². The van der Waals surface area contributed by atoms with Crippen molar-refractivity contribution in [1.82, 2.24) is 0 Å². The number of hydrogen-bond acceptors (Lipinski definition) is 3. The van der Waals surface area contributed by atoms with Gasteiger partial charge in [0.15, 0.2) is 0 Å². The molecule has 0 radical (unpaired) electrons. The molecule has 1 aromatic carbocycles. The minimum absolute atomic E-state index is 0.255. The number of nitrogens with two attached hydrogens (primary N) is 1. The van der Waals surface area contributed by atoms with E-state index in [9.17, 15) is 4.39 Å². The van der Waals surface area contributed by atoms with Gasteiger partial charge in [0.05, 0.1) is 12.2 Å². The van der Waals surface area contributed by atoms with Crippen LogP contribution < -0.4 is 15.4 Å². The Bertz CT molecular complexity index is 343. The Labute approximate surface area is 88.6 Å². The molecule has 2 rings (SSSR count). The van der Waals surface area contributed by atoms with Crippen LogP contribution in [0.3, 0.4) is 0 Å². The van der Waals surface area contributed by atoms with Crippen molar-refractivity contribution in [2.24, 2.45) is 5.73 Å². The summed E-state index contributed by atoms with van der Waals surface area (Å²) in [5, 5.41) is 0. The molecule has 0 fully saturated rings. The molecule has 4 heteroatoms. The zero-order valence-corrected chi connectivity index (χ0v) is 8.58. The number of ether oxygens (including phenoxy) is 1. The molecule has 1 heterocycles. The van der Waals surface area contributed by atoms with Crippen molar-refractivity contribution in [3.05, 3.63) is 24.0 Å². The molecule has 2 N–H and O–H groups in total. The van der Waals surface area contributed by atoms with Gasteiger partial charge in [-0.05, 0) is 25.1 Å². The maximum atomic E-state index is 13.0. The average molecular weight is 210 g/mol. The second-order valence-corrected chi connectivity index (χ2v) is 3.59. The molecule has 0 spiro atoms. The molecule has 0 aromatic heterocycles. The number of nitrogens with zero attached hydrogens (tertiary/aromatic N) is 1. The molecule has 0 saturated carbocycles. The van der Waals surface area contributed by atoms with Crippen LogP contribution in [0.25, 0.3) is 0 Å². The molecule has 0 bridgehead atoms. The topological polar surface area (TPSA) is 38.5 Å². The summed E-state index contributed by atoms with van der Waals surface area (Å²) in [5.41, 5.74) is 6.44. The Morgan fingerprint density at radius 2 is 2.33 bits per heavy atom. The van der Waals surface area contributed by atoms with Crippen LogP contribution in [0.2, 0.25) is 0 Å². The van der Waals surface area contributed by atoms with E-state index in [1.807, 2.05) is 0 Å². The van der Waals surface area contributed by atoms with Crippen molar-refractivity contribution >= 4 is 5.69 Å². The molecule has 1 aromatic rings. The number of hydrogen-bond donors (Lipinski definition) is 1. The third kappa shape index (κ3) is 2.21. The fourth-order valence-corrected chi connectivity index (χ4v) is 1.77. The molecular weight excluding hydrogens is 195 g/mol. The smallest absolute Gasteiger partial charge is 0.145 e. The molecule has 0 atom stereocenters. The van der Waals surface area contributed by atoms with E-state index in [0.29, 0.717) is 18.9 Å². The fraction of sp³-hybridized carbons (Fsp3) is 0.455. The summed E-state index contributed by atoms with van der Waals surface area (Å²) >= 11 is 0. The van der Waals surface area contributed by atoms with Gasteiger partial charge in [-0.3, -0.25) is 0 Å². The van der Waals surface area contributed by atoms with Crippen molar-refractivity contribution in [3.8, 4) is 5.75 Å². The standard InChI is InChI=1S/C11H15FN2O/c12-9-2-3-10-11(8-9)15-7-6-14(10)5-1-4-13/h2-3,8H,1,4-7,13H2. The Balaban J connectivity index is 2.18. The van der Waals surface area contributed by atoms with Gasteiger partial charge in [-0.25, -0.2) is 4.39 Å². The molecule has 0 saturated heterocycles. The van der Waals surface area contributed by atoms with E-state index in [0.717, 1.165) is 25.2 Å². The van der Waals surface area contributed by atoms with Gasteiger partial charge in [0.1, 0.15) is 18.2 Å². The number of benzene rings is 1. The average Bonchev–Trinajstić information content (AvgIpc) is 2.25. The molecule has 0 aliphatic carbocycles. The third-order valence-corrected chi connectivity index (χ3v) is 2.51. The maximum Gasteiger partial charge on any atom is 0.145 e.